The first kappa shape index (κ1) is 28.0. The van der Waals surface area contributed by atoms with Gasteiger partial charge in [0.05, 0.1) is 6.61 Å². The Morgan fingerprint density at radius 2 is 1.93 bits per heavy atom. The molecule has 0 radical (unpaired) electrons. The van der Waals surface area contributed by atoms with Crippen molar-refractivity contribution in [2.45, 2.75) is 72.6 Å². The van der Waals surface area contributed by atoms with E-state index in [2.05, 4.69) is 78.6 Å². The summed E-state index contributed by atoms with van der Waals surface area (Å²) in [6.07, 6.45) is 1.63. The van der Waals surface area contributed by atoms with Crippen LogP contribution in [0.5, 0.6) is 0 Å². The van der Waals surface area contributed by atoms with Gasteiger partial charge in [-0.25, -0.2) is 0 Å². The number of fused-ring (bicyclic) bond motifs is 1. The number of aryl methyl sites for hydroxylation is 3. The summed E-state index contributed by atoms with van der Waals surface area (Å²) in [7, 11) is 0. The first-order valence-corrected chi connectivity index (χ1v) is 14.6. The number of nitrogens with one attached hydrogen (secondary N) is 1. The number of ether oxygens (including phenoxy) is 1. The van der Waals surface area contributed by atoms with Crippen LogP contribution in [-0.2, 0) is 16.1 Å². The van der Waals surface area contributed by atoms with Crippen LogP contribution in [0.15, 0.2) is 49.0 Å². The summed E-state index contributed by atoms with van der Waals surface area (Å²) in [4.78, 5) is 14.5. The molecule has 208 valence electrons. The van der Waals surface area contributed by atoms with Crippen LogP contribution in [0.3, 0.4) is 0 Å². The highest BCUT2D eigenvalue weighted by Crippen LogP contribution is 2.40. The third kappa shape index (κ3) is 5.39. The molecule has 1 aliphatic heterocycles. The van der Waals surface area contributed by atoms with Gasteiger partial charge in [0.15, 0.2) is 0 Å². The fourth-order valence-corrected chi connectivity index (χ4v) is 6.62. The topological polar surface area (TPSA) is 95.1 Å². The second kappa shape index (κ2) is 11.5. The molecule has 1 aliphatic rings. The molecular weight excluding hydrogens is 518 g/mol. The minimum atomic E-state index is -0.403. The Balaban J connectivity index is 1.46. The lowest BCUT2D eigenvalue weighted by atomic mass is 9.95. The van der Waals surface area contributed by atoms with Gasteiger partial charge in [-0.2, -0.15) is 0 Å². The van der Waals surface area contributed by atoms with Crippen molar-refractivity contribution in [3.63, 3.8) is 0 Å². The van der Waals surface area contributed by atoms with E-state index in [1.165, 1.54) is 16.0 Å². The minimum Gasteiger partial charge on any atom is -0.355 e. The SMILES string of the molecule is C=C(c1ccc(C)cc1)c1c(-n2c(C)nnc2[C@@H](CCC)CC(=O)Nc2ccc3c(c2)COC3N)sc(C)c1C. The van der Waals surface area contributed by atoms with Crippen molar-refractivity contribution < 1.29 is 9.53 Å². The number of carbonyl (C=O) groups excluding carboxylic acids is 1. The molecule has 0 bridgehead atoms. The number of nitrogens with two attached hydrogens (primary N) is 1. The second-order valence-electron chi connectivity index (χ2n) is 10.6. The van der Waals surface area contributed by atoms with E-state index < -0.39 is 6.23 Å². The maximum Gasteiger partial charge on any atom is 0.225 e. The van der Waals surface area contributed by atoms with Crippen LogP contribution in [0.2, 0.25) is 0 Å². The van der Waals surface area contributed by atoms with E-state index in [0.29, 0.717) is 13.0 Å². The van der Waals surface area contributed by atoms with Crippen LogP contribution in [0.1, 0.15) is 88.2 Å². The molecule has 1 amide bonds. The molecule has 0 spiro atoms. The predicted molar refractivity (Wildman–Crippen MR) is 162 cm³/mol. The molecule has 3 N–H and O–H groups in total. The van der Waals surface area contributed by atoms with Crippen molar-refractivity contribution in [1.29, 1.82) is 0 Å². The molecule has 5 rings (SSSR count). The van der Waals surface area contributed by atoms with Crippen LogP contribution in [0.4, 0.5) is 5.69 Å². The first-order chi connectivity index (χ1) is 19.2. The quantitative estimate of drug-likeness (QED) is 0.231. The van der Waals surface area contributed by atoms with E-state index in [9.17, 15) is 4.79 Å². The second-order valence-corrected chi connectivity index (χ2v) is 11.8. The molecule has 40 heavy (non-hydrogen) atoms. The molecule has 3 heterocycles. The highest BCUT2D eigenvalue weighted by Gasteiger charge is 2.28. The molecule has 1 unspecified atom stereocenters. The normalized spacial score (nSPS) is 15.2. The lowest BCUT2D eigenvalue weighted by molar-refractivity contribution is -0.116. The van der Waals surface area contributed by atoms with Gasteiger partial charge < -0.3 is 15.8 Å². The van der Waals surface area contributed by atoms with Crippen LogP contribution in [0, 0.1) is 27.7 Å². The lowest BCUT2D eigenvalue weighted by Crippen LogP contribution is -2.18. The average molecular weight is 556 g/mol. The van der Waals surface area contributed by atoms with Gasteiger partial charge >= 0.3 is 0 Å². The number of thiophene rings is 1. The third-order valence-corrected chi connectivity index (χ3v) is 8.90. The Morgan fingerprint density at radius 3 is 2.65 bits per heavy atom. The lowest BCUT2D eigenvalue weighted by Gasteiger charge is -2.19. The van der Waals surface area contributed by atoms with Crippen molar-refractivity contribution in [2.24, 2.45) is 5.73 Å². The number of benzene rings is 2. The number of nitrogens with zero attached hydrogens (tertiary/aromatic N) is 3. The number of aromatic nitrogens is 3. The Labute approximate surface area is 240 Å². The maximum atomic E-state index is 13.3. The molecule has 2 aromatic carbocycles. The summed E-state index contributed by atoms with van der Waals surface area (Å²) in [6, 6.07) is 14.2. The summed E-state index contributed by atoms with van der Waals surface area (Å²) < 4.78 is 7.65. The van der Waals surface area contributed by atoms with E-state index in [0.717, 1.165) is 63.0 Å². The van der Waals surface area contributed by atoms with E-state index in [-0.39, 0.29) is 11.8 Å². The van der Waals surface area contributed by atoms with Gasteiger partial charge in [-0.3, -0.25) is 9.36 Å². The number of hydrogen-bond acceptors (Lipinski definition) is 6. The average Bonchev–Trinajstić information content (AvgIpc) is 3.58. The largest absolute Gasteiger partial charge is 0.355 e. The van der Waals surface area contributed by atoms with E-state index >= 15 is 0 Å². The number of rotatable bonds is 9. The Kier molecular flexibility index (Phi) is 8.03. The molecular formula is C32H37N5O2S. The van der Waals surface area contributed by atoms with Crippen LogP contribution < -0.4 is 11.1 Å². The molecule has 0 saturated heterocycles. The molecule has 7 nitrogen and oxygen atoms in total. The smallest absolute Gasteiger partial charge is 0.225 e. The van der Waals surface area contributed by atoms with Crippen molar-refractivity contribution >= 4 is 28.5 Å². The summed E-state index contributed by atoms with van der Waals surface area (Å²) in [6.45, 7) is 15.4. The monoisotopic (exact) mass is 555 g/mol. The van der Waals surface area contributed by atoms with Crippen molar-refractivity contribution in [1.82, 2.24) is 14.8 Å². The standard InChI is InChI=1S/C32H37N5O2S/c1-7-8-24(16-28(38)34-26-13-14-27-25(15-26)17-39-30(27)33)31-36-35-22(6)37(31)32-29(19(3)21(5)40-32)20(4)23-11-9-18(2)10-12-23/h9-15,24,30H,4,7-8,16-17,33H2,1-3,5-6H3,(H,34,38)/t24-,30?/m0/s1. The zero-order valence-corrected chi connectivity index (χ0v) is 24.7. The van der Waals surface area contributed by atoms with E-state index in [1.807, 2.05) is 25.1 Å². The van der Waals surface area contributed by atoms with E-state index in [4.69, 9.17) is 10.5 Å². The molecule has 2 atom stereocenters. The van der Waals surface area contributed by atoms with Gasteiger partial charge in [-0.15, -0.1) is 21.5 Å². The van der Waals surface area contributed by atoms with Crippen molar-refractivity contribution in [3.8, 4) is 5.00 Å². The van der Waals surface area contributed by atoms with E-state index in [1.54, 1.807) is 11.3 Å². The number of hydrogen-bond donors (Lipinski definition) is 2. The maximum absolute atomic E-state index is 13.3. The number of carbonyl (C=O) groups is 1. The summed E-state index contributed by atoms with van der Waals surface area (Å²) in [5.74, 6) is 1.45. The zero-order chi connectivity index (χ0) is 28.6. The fraction of sp³-hybridized carbons (Fsp3) is 0.344. The zero-order valence-electron chi connectivity index (χ0n) is 23.9. The van der Waals surface area contributed by atoms with Crippen LogP contribution in [0.25, 0.3) is 10.6 Å². The molecule has 0 saturated carbocycles. The Hall–Kier alpha value is -3.59. The number of anilines is 1. The number of amides is 1. The molecule has 8 heteroatoms. The van der Waals surface area contributed by atoms with Gasteiger partial charge in [0.25, 0.3) is 0 Å². The van der Waals surface area contributed by atoms with Crippen molar-refractivity contribution in [3.05, 3.63) is 99.0 Å². The van der Waals surface area contributed by atoms with Gasteiger partial charge in [0.2, 0.25) is 5.91 Å². The van der Waals surface area contributed by atoms with Gasteiger partial charge in [0, 0.05) is 34.0 Å². The van der Waals surface area contributed by atoms with Gasteiger partial charge in [0.1, 0.15) is 22.9 Å². The molecule has 2 aromatic heterocycles. The highest BCUT2D eigenvalue weighted by atomic mass is 32.1. The van der Waals surface area contributed by atoms with Crippen LogP contribution in [-0.4, -0.2) is 20.7 Å². The molecule has 0 aliphatic carbocycles. The first-order valence-electron chi connectivity index (χ1n) is 13.8. The van der Waals surface area contributed by atoms with Gasteiger partial charge in [-0.05, 0) is 68.5 Å². The predicted octanol–water partition coefficient (Wildman–Crippen LogP) is 7.02. The Bertz CT molecular complexity index is 1570. The summed E-state index contributed by atoms with van der Waals surface area (Å²) in [5, 5.41) is 13.2. The fourth-order valence-electron chi connectivity index (χ4n) is 5.38. The third-order valence-electron chi connectivity index (χ3n) is 7.71. The van der Waals surface area contributed by atoms with Crippen LogP contribution >= 0.6 is 11.3 Å². The Morgan fingerprint density at radius 1 is 1.18 bits per heavy atom. The van der Waals surface area contributed by atoms with Crippen molar-refractivity contribution in [2.75, 3.05) is 5.32 Å². The molecule has 0 fully saturated rings. The van der Waals surface area contributed by atoms with Gasteiger partial charge in [-0.1, -0.05) is 55.8 Å². The highest BCUT2D eigenvalue weighted by molar-refractivity contribution is 7.15. The minimum absolute atomic E-state index is 0.0587. The summed E-state index contributed by atoms with van der Waals surface area (Å²) in [5.41, 5.74) is 14.3. The summed E-state index contributed by atoms with van der Waals surface area (Å²) >= 11 is 1.72. The molecule has 4 aromatic rings.